The van der Waals surface area contributed by atoms with Gasteiger partial charge in [0.05, 0.1) is 42.3 Å². The Morgan fingerprint density at radius 3 is 2.41 bits per heavy atom. The van der Waals surface area contributed by atoms with Crippen molar-refractivity contribution in [1.82, 2.24) is 8.87 Å². The van der Waals surface area contributed by atoms with Crippen molar-refractivity contribution in [1.29, 1.82) is 0 Å². The van der Waals surface area contributed by atoms with Gasteiger partial charge in [-0.2, -0.15) is 4.31 Å². The minimum absolute atomic E-state index is 0.254. The van der Waals surface area contributed by atoms with Crippen LogP contribution in [0.4, 0.5) is 5.69 Å². The van der Waals surface area contributed by atoms with Crippen LogP contribution in [0.5, 0.6) is 0 Å². The fourth-order valence-electron chi connectivity index (χ4n) is 3.71. The standard InChI is InChI=1S/C24H22ClN3O4S2/c25-19-5-3-18(4-6-19)16-28-22(23-2-1-13-32-23)17-33-24(28)26-20-7-9-21(10-8-20)34(29,30)27-11-14-31-15-12-27/h1-10,13,17H,11-12,14-16H2. The molecule has 1 aliphatic rings. The van der Waals surface area contributed by atoms with Gasteiger partial charge in [0.25, 0.3) is 0 Å². The molecule has 0 saturated carbocycles. The summed E-state index contributed by atoms with van der Waals surface area (Å²) in [6.45, 7) is 2.14. The number of nitrogens with zero attached hydrogens (tertiary/aromatic N) is 3. The van der Waals surface area contributed by atoms with Crippen molar-refractivity contribution in [3.05, 3.63) is 87.7 Å². The molecular formula is C24H22ClN3O4S2. The second kappa shape index (κ2) is 9.89. The molecule has 0 unspecified atom stereocenters. The van der Waals surface area contributed by atoms with E-state index in [2.05, 4.69) is 4.57 Å². The Labute approximate surface area is 206 Å². The summed E-state index contributed by atoms with van der Waals surface area (Å²) in [6.07, 6.45) is 1.64. The fourth-order valence-corrected chi connectivity index (χ4v) is 6.15. The van der Waals surface area contributed by atoms with Gasteiger partial charge in [-0.1, -0.05) is 23.7 Å². The molecule has 2 aromatic carbocycles. The second-order valence-corrected chi connectivity index (χ2v) is 10.9. The first-order valence-corrected chi connectivity index (χ1v) is 13.4. The minimum atomic E-state index is -3.54. The number of sulfonamides is 1. The zero-order chi connectivity index (χ0) is 23.5. The molecule has 0 bridgehead atoms. The van der Waals surface area contributed by atoms with E-state index >= 15 is 0 Å². The molecule has 176 valence electrons. The number of benzene rings is 2. The minimum Gasteiger partial charge on any atom is -0.463 e. The summed E-state index contributed by atoms with van der Waals surface area (Å²) >= 11 is 7.54. The smallest absolute Gasteiger partial charge is 0.243 e. The van der Waals surface area contributed by atoms with Crippen LogP contribution in [0.15, 0.2) is 86.6 Å². The molecule has 0 radical (unpaired) electrons. The first-order chi connectivity index (χ1) is 16.5. The number of furan rings is 1. The number of rotatable bonds is 6. The first-order valence-electron chi connectivity index (χ1n) is 10.7. The molecule has 1 aliphatic heterocycles. The lowest BCUT2D eigenvalue weighted by Crippen LogP contribution is -2.40. The molecule has 0 amide bonds. The van der Waals surface area contributed by atoms with E-state index in [1.54, 1.807) is 30.5 Å². The highest BCUT2D eigenvalue weighted by Gasteiger charge is 2.26. The van der Waals surface area contributed by atoms with Crippen LogP contribution in [0.2, 0.25) is 5.02 Å². The Bertz CT molecular complexity index is 1420. The third-order valence-corrected chi connectivity index (χ3v) is 8.52. The largest absolute Gasteiger partial charge is 0.463 e. The highest BCUT2D eigenvalue weighted by atomic mass is 35.5. The summed E-state index contributed by atoms with van der Waals surface area (Å²) < 4.78 is 40.2. The molecule has 1 saturated heterocycles. The molecule has 2 aromatic heterocycles. The maximum Gasteiger partial charge on any atom is 0.243 e. The number of halogens is 1. The van der Waals surface area contributed by atoms with Crippen molar-refractivity contribution in [3.8, 4) is 11.5 Å². The third-order valence-electron chi connectivity index (χ3n) is 5.49. The molecule has 0 aliphatic carbocycles. The van der Waals surface area contributed by atoms with E-state index < -0.39 is 10.0 Å². The van der Waals surface area contributed by atoms with Gasteiger partial charge in [-0.3, -0.25) is 0 Å². The Morgan fingerprint density at radius 1 is 1.00 bits per heavy atom. The Kier molecular flexibility index (Phi) is 6.71. The third kappa shape index (κ3) is 4.89. The number of thiazole rings is 1. The molecule has 0 atom stereocenters. The van der Waals surface area contributed by atoms with Crippen molar-refractivity contribution in [2.45, 2.75) is 11.4 Å². The van der Waals surface area contributed by atoms with Crippen molar-refractivity contribution in [2.24, 2.45) is 4.99 Å². The van der Waals surface area contributed by atoms with Crippen LogP contribution in [-0.4, -0.2) is 43.6 Å². The zero-order valence-electron chi connectivity index (χ0n) is 18.1. The number of hydrogen-bond donors (Lipinski definition) is 0. The summed E-state index contributed by atoms with van der Waals surface area (Å²) in [6, 6.07) is 18.1. The highest BCUT2D eigenvalue weighted by Crippen LogP contribution is 2.24. The van der Waals surface area contributed by atoms with Gasteiger partial charge >= 0.3 is 0 Å². The van der Waals surface area contributed by atoms with Crippen LogP contribution in [0, 0.1) is 0 Å². The lowest BCUT2D eigenvalue weighted by Gasteiger charge is -2.26. The zero-order valence-corrected chi connectivity index (χ0v) is 20.5. The van der Waals surface area contributed by atoms with Crippen molar-refractivity contribution >= 4 is 38.6 Å². The predicted molar refractivity (Wildman–Crippen MR) is 132 cm³/mol. The quantitative estimate of drug-likeness (QED) is 0.371. The maximum atomic E-state index is 12.9. The van der Waals surface area contributed by atoms with Crippen LogP contribution in [0.3, 0.4) is 0 Å². The van der Waals surface area contributed by atoms with Crippen molar-refractivity contribution < 1.29 is 17.6 Å². The van der Waals surface area contributed by atoms with E-state index in [9.17, 15) is 8.42 Å². The van der Waals surface area contributed by atoms with Crippen LogP contribution in [0.1, 0.15) is 5.56 Å². The number of morpholine rings is 1. The van der Waals surface area contributed by atoms with E-state index in [4.69, 9.17) is 25.7 Å². The average molecular weight is 516 g/mol. The molecular weight excluding hydrogens is 494 g/mol. The van der Waals surface area contributed by atoms with Gasteiger partial charge in [0, 0.05) is 23.5 Å². The predicted octanol–water partition coefficient (Wildman–Crippen LogP) is 4.76. The molecule has 34 heavy (non-hydrogen) atoms. The molecule has 3 heterocycles. The topological polar surface area (TPSA) is 77.0 Å². The van der Waals surface area contributed by atoms with Crippen LogP contribution < -0.4 is 4.80 Å². The van der Waals surface area contributed by atoms with Crippen molar-refractivity contribution in [3.63, 3.8) is 0 Å². The van der Waals surface area contributed by atoms with Gasteiger partial charge in [-0.05, 0) is 54.1 Å². The fraction of sp³-hybridized carbons (Fsp3) is 0.208. The van der Waals surface area contributed by atoms with Crippen molar-refractivity contribution in [2.75, 3.05) is 26.3 Å². The van der Waals surface area contributed by atoms with E-state index in [0.717, 1.165) is 21.8 Å². The lowest BCUT2D eigenvalue weighted by molar-refractivity contribution is 0.0730. The number of ether oxygens (including phenoxy) is 1. The second-order valence-electron chi connectivity index (χ2n) is 7.72. The SMILES string of the molecule is O=S(=O)(c1ccc(N=c2scc(-c3ccco3)n2Cc2ccc(Cl)cc2)cc1)N1CCOCC1. The monoisotopic (exact) mass is 515 g/mol. The van der Waals surface area contributed by atoms with Crippen LogP contribution in [0.25, 0.3) is 11.5 Å². The summed E-state index contributed by atoms with van der Waals surface area (Å²) in [5, 5.41) is 2.69. The van der Waals surface area contributed by atoms with E-state index in [-0.39, 0.29) is 4.90 Å². The summed E-state index contributed by atoms with van der Waals surface area (Å²) in [5.41, 5.74) is 2.65. The average Bonchev–Trinajstić information content (AvgIpc) is 3.52. The molecule has 5 rings (SSSR count). The van der Waals surface area contributed by atoms with E-state index in [1.165, 1.54) is 15.6 Å². The Hall–Kier alpha value is -2.69. The number of aromatic nitrogens is 1. The van der Waals surface area contributed by atoms with Gasteiger partial charge in [0.15, 0.2) is 10.6 Å². The highest BCUT2D eigenvalue weighted by molar-refractivity contribution is 7.89. The maximum absolute atomic E-state index is 12.9. The molecule has 7 nitrogen and oxygen atoms in total. The van der Waals surface area contributed by atoms with E-state index in [1.807, 2.05) is 41.8 Å². The van der Waals surface area contributed by atoms with Gasteiger partial charge in [0.1, 0.15) is 0 Å². The molecule has 1 fully saturated rings. The van der Waals surface area contributed by atoms with Gasteiger partial charge < -0.3 is 13.7 Å². The Morgan fingerprint density at radius 2 is 1.74 bits per heavy atom. The van der Waals surface area contributed by atoms with Gasteiger partial charge in [-0.25, -0.2) is 13.4 Å². The van der Waals surface area contributed by atoms with Crippen LogP contribution in [-0.2, 0) is 21.3 Å². The van der Waals surface area contributed by atoms with E-state index in [0.29, 0.717) is 43.6 Å². The molecule has 0 spiro atoms. The molecule has 10 heteroatoms. The summed E-state index contributed by atoms with van der Waals surface area (Å²) in [5.74, 6) is 0.749. The lowest BCUT2D eigenvalue weighted by atomic mass is 10.2. The first kappa shape index (κ1) is 23.1. The summed E-state index contributed by atoms with van der Waals surface area (Å²) in [4.78, 5) is 5.83. The van der Waals surface area contributed by atoms with Gasteiger partial charge in [0.2, 0.25) is 10.0 Å². The molecule has 4 aromatic rings. The summed E-state index contributed by atoms with van der Waals surface area (Å²) in [7, 11) is -3.54. The molecule has 0 N–H and O–H groups in total. The normalized spacial score (nSPS) is 15.6. The Balaban J connectivity index is 1.49. The van der Waals surface area contributed by atoms with Gasteiger partial charge in [-0.15, -0.1) is 11.3 Å². The van der Waals surface area contributed by atoms with Crippen LogP contribution >= 0.6 is 22.9 Å². The number of hydrogen-bond acceptors (Lipinski definition) is 6.